The highest BCUT2D eigenvalue weighted by molar-refractivity contribution is 6.42. The minimum atomic E-state index is -0.286. The maximum Gasteiger partial charge on any atom is 0.277 e. The van der Waals surface area contributed by atoms with E-state index in [0.29, 0.717) is 39.7 Å². The molecule has 0 bridgehead atoms. The van der Waals surface area contributed by atoms with Crippen LogP contribution in [0, 0.1) is 0 Å². The lowest BCUT2D eigenvalue weighted by molar-refractivity contribution is -0.131. The lowest BCUT2D eigenvalue weighted by Gasteiger charge is -2.19. The Hall–Kier alpha value is -2.87. The summed E-state index contributed by atoms with van der Waals surface area (Å²) in [6.45, 7) is 7.50. The molecule has 0 fully saturated rings. The fourth-order valence-electron chi connectivity index (χ4n) is 4.31. The van der Waals surface area contributed by atoms with Crippen LogP contribution in [0.1, 0.15) is 26.8 Å². The van der Waals surface area contributed by atoms with Gasteiger partial charge in [0.1, 0.15) is 12.2 Å². The first-order valence-corrected chi connectivity index (χ1v) is 12.0. The SMILES string of the molecule is CCN(CC)C(=O)Cn1cc(-c2nc3cc(Cl)c(Cl)cc3n(C(C)CN)c2=O)c2ccccc21. The smallest absolute Gasteiger partial charge is 0.277 e. The zero-order chi connectivity index (χ0) is 24.6. The maximum absolute atomic E-state index is 13.7. The zero-order valence-corrected chi connectivity index (χ0v) is 20.9. The van der Waals surface area contributed by atoms with E-state index in [-0.39, 0.29) is 36.3 Å². The molecule has 0 aliphatic rings. The van der Waals surface area contributed by atoms with Crippen LogP contribution in [-0.2, 0) is 11.3 Å². The normalized spacial score (nSPS) is 12.4. The van der Waals surface area contributed by atoms with Gasteiger partial charge in [-0.05, 0) is 39.0 Å². The number of hydrogen-bond donors (Lipinski definition) is 1. The molecular formula is C25H27Cl2N5O2. The molecule has 2 aromatic heterocycles. The largest absolute Gasteiger partial charge is 0.342 e. The van der Waals surface area contributed by atoms with Gasteiger partial charge in [-0.15, -0.1) is 0 Å². The molecule has 4 rings (SSSR count). The van der Waals surface area contributed by atoms with Gasteiger partial charge in [-0.1, -0.05) is 41.4 Å². The average molecular weight is 500 g/mol. The quantitative estimate of drug-likeness (QED) is 0.398. The van der Waals surface area contributed by atoms with Crippen LogP contribution in [0.5, 0.6) is 0 Å². The fourth-order valence-corrected chi connectivity index (χ4v) is 4.62. The number of rotatable bonds is 7. The molecule has 9 heteroatoms. The summed E-state index contributed by atoms with van der Waals surface area (Å²) < 4.78 is 3.50. The molecule has 7 nitrogen and oxygen atoms in total. The Balaban J connectivity index is 1.98. The number of para-hydroxylation sites is 1. The molecule has 0 saturated carbocycles. The van der Waals surface area contributed by atoms with Gasteiger partial charge in [-0.25, -0.2) is 4.98 Å². The van der Waals surface area contributed by atoms with E-state index >= 15 is 0 Å². The standard InChI is InChI=1S/C25H27Cl2N5O2/c1-4-30(5-2)23(33)14-31-13-17(16-8-6-7-9-21(16)31)24-25(34)32(15(3)12-28)22-11-19(27)18(26)10-20(22)29-24/h6-11,13,15H,4-5,12,14,28H2,1-3H3. The lowest BCUT2D eigenvalue weighted by atomic mass is 10.1. The van der Waals surface area contributed by atoms with E-state index in [1.165, 1.54) is 0 Å². The van der Waals surface area contributed by atoms with E-state index in [9.17, 15) is 9.59 Å². The number of fused-ring (bicyclic) bond motifs is 2. The fraction of sp³-hybridized carbons (Fsp3) is 0.320. The van der Waals surface area contributed by atoms with Gasteiger partial charge in [0.2, 0.25) is 5.91 Å². The summed E-state index contributed by atoms with van der Waals surface area (Å²) in [6.07, 6.45) is 1.83. The maximum atomic E-state index is 13.7. The summed E-state index contributed by atoms with van der Waals surface area (Å²) in [7, 11) is 0. The van der Waals surface area contributed by atoms with Crippen molar-refractivity contribution in [3.05, 3.63) is 63.0 Å². The van der Waals surface area contributed by atoms with Crippen molar-refractivity contribution in [3.8, 4) is 11.3 Å². The van der Waals surface area contributed by atoms with Crippen molar-refractivity contribution in [1.82, 2.24) is 19.0 Å². The van der Waals surface area contributed by atoms with Gasteiger partial charge in [0.25, 0.3) is 5.56 Å². The van der Waals surface area contributed by atoms with Crippen molar-refractivity contribution >= 4 is 51.0 Å². The summed E-state index contributed by atoms with van der Waals surface area (Å²) in [5.74, 6) is 0.0133. The minimum absolute atomic E-state index is 0.0133. The molecule has 1 atom stereocenters. The van der Waals surface area contributed by atoms with Crippen LogP contribution in [0.15, 0.2) is 47.4 Å². The Morgan fingerprint density at radius 2 is 1.79 bits per heavy atom. The van der Waals surface area contributed by atoms with Crippen LogP contribution < -0.4 is 11.3 Å². The second-order valence-electron chi connectivity index (χ2n) is 8.23. The number of carbonyl (C=O) groups excluding carboxylic acids is 1. The Labute approximate surface area is 207 Å². The predicted octanol–water partition coefficient (Wildman–Crippen LogP) is 4.71. The molecule has 1 amide bonds. The zero-order valence-electron chi connectivity index (χ0n) is 19.4. The van der Waals surface area contributed by atoms with Crippen LogP contribution in [-0.4, -0.2) is 44.6 Å². The highest BCUT2D eigenvalue weighted by Gasteiger charge is 2.22. The van der Waals surface area contributed by atoms with E-state index in [1.807, 2.05) is 55.8 Å². The van der Waals surface area contributed by atoms with Gasteiger partial charge < -0.3 is 19.8 Å². The van der Waals surface area contributed by atoms with Crippen LogP contribution in [0.3, 0.4) is 0 Å². The van der Waals surface area contributed by atoms with E-state index in [0.717, 1.165) is 10.9 Å². The lowest BCUT2D eigenvalue weighted by Crippen LogP contribution is -2.33. The Kier molecular flexibility index (Phi) is 6.98. The number of carbonyl (C=O) groups is 1. The van der Waals surface area contributed by atoms with Crippen LogP contribution in [0.25, 0.3) is 33.2 Å². The number of halogens is 2. The number of nitrogens with two attached hydrogens (primary N) is 1. The molecule has 2 heterocycles. The van der Waals surface area contributed by atoms with E-state index in [4.69, 9.17) is 33.9 Å². The third kappa shape index (κ3) is 4.19. The highest BCUT2D eigenvalue weighted by Crippen LogP contribution is 2.32. The minimum Gasteiger partial charge on any atom is -0.342 e. The molecule has 178 valence electrons. The molecule has 0 spiro atoms. The summed E-state index contributed by atoms with van der Waals surface area (Å²) >= 11 is 12.5. The van der Waals surface area contributed by atoms with Crippen molar-refractivity contribution in [1.29, 1.82) is 0 Å². The van der Waals surface area contributed by atoms with Gasteiger partial charge in [0.05, 0.1) is 21.1 Å². The molecular weight excluding hydrogens is 473 g/mol. The van der Waals surface area contributed by atoms with Gasteiger partial charge in [-0.3, -0.25) is 9.59 Å². The number of likely N-dealkylation sites (N-methyl/N-ethyl adjacent to an activating group) is 1. The third-order valence-electron chi connectivity index (χ3n) is 6.18. The van der Waals surface area contributed by atoms with Crippen LogP contribution in [0.2, 0.25) is 10.0 Å². The molecule has 0 radical (unpaired) electrons. The van der Waals surface area contributed by atoms with Crippen molar-refractivity contribution in [2.75, 3.05) is 19.6 Å². The first-order chi connectivity index (χ1) is 16.3. The number of nitrogens with zero attached hydrogens (tertiary/aromatic N) is 4. The van der Waals surface area contributed by atoms with E-state index in [1.54, 1.807) is 21.6 Å². The van der Waals surface area contributed by atoms with Gasteiger partial charge in [0, 0.05) is 48.3 Å². The number of benzene rings is 2. The Morgan fingerprint density at radius 1 is 1.12 bits per heavy atom. The first-order valence-electron chi connectivity index (χ1n) is 11.3. The summed E-state index contributed by atoms with van der Waals surface area (Å²) in [4.78, 5) is 33.1. The summed E-state index contributed by atoms with van der Waals surface area (Å²) in [5.41, 5.74) is 8.56. The van der Waals surface area contributed by atoms with Gasteiger partial charge in [-0.2, -0.15) is 0 Å². The van der Waals surface area contributed by atoms with Crippen molar-refractivity contribution in [2.24, 2.45) is 5.73 Å². The topological polar surface area (TPSA) is 86.2 Å². The Morgan fingerprint density at radius 3 is 2.47 bits per heavy atom. The highest BCUT2D eigenvalue weighted by atomic mass is 35.5. The van der Waals surface area contributed by atoms with Crippen molar-refractivity contribution < 1.29 is 4.79 Å². The molecule has 0 saturated heterocycles. The number of amides is 1. The first kappa shape index (κ1) is 24.3. The predicted molar refractivity (Wildman–Crippen MR) is 139 cm³/mol. The molecule has 0 aliphatic heterocycles. The molecule has 2 aromatic carbocycles. The molecule has 34 heavy (non-hydrogen) atoms. The van der Waals surface area contributed by atoms with Gasteiger partial charge in [0.15, 0.2) is 0 Å². The molecule has 0 aliphatic carbocycles. The second kappa shape index (κ2) is 9.78. The second-order valence-corrected chi connectivity index (χ2v) is 9.04. The van der Waals surface area contributed by atoms with E-state index in [2.05, 4.69) is 0 Å². The number of hydrogen-bond acceptors (Lipinski definition) is 4. The van der Waals surface area contributed by atoms with Crippen molar-refractivity contribution in [2.45, 2.75) is 33.4 Å². The monoisotopic (exact) mass is 499 g/mol. The summed E-state index contributed by atoms with van der Waals surface area (Å²) in [5, 5.41) is 1.53. The average Bonchev–Trinajstić information content (AvgIpc) is 3.18. The van der Waals surface area contributed by atoms with Gasteiger partial charge >= 0.3 is 0 Å². The molecule has 4 aromatic rings. The third-order valence-corrected chi connectivity index (χ3v) is 6.90. The van der Waals surface area contributed by atoms with E-state index < -0.39 is 0 Å². The summed E-state index contributed by atoms with van der Waals surface area (Å²) in [6, 6.07) is 10.7. The van der Waals surface area contributed by atoms with Crippen LogP contribution in [0.4, 0.5) is 0 Å². The van der Waals surface area contributed by atoms with Crippen LogP contribution >= 0.6 is 23.2 Å². The molecule has 2 N–H and O–H groups in total. The molecule has 1 unspecified atom stereocenters. The number of aromatic nitrogens is 3. The Bertz CT molecular complexity index is 1440. The van der Waals surface area contributed by atoms with Crippen molar-refractivity contribution in [3.63, 3.8) is 0 Å².